The molecule has 0 spiro atoms. The largest absolute Gasteiger partial charge is 0.333 e. The van der Waals surface area contributed by atoms with Gasteiger partial charge in [0.05, 0.1) is 5.69 Å². The maximum atomic E-state index is 12.7. The molecule has 132 valence electrons. The zero-order valence-corrected chi connectivity index (χ0v) is 14.7. The van der Waals surface area contributed by atoms with E-state index in [2.05, 4.69) is 10.3 Å². The molecule has 1 aromatic heterocycles. The lowest BCUT2D eigenvalue weighted by atomic mass is 10.1. The summed E-state index contributed by atoms with van der Waals surface area (Å²) in [6, 6.07) is 13.5. The van der Waals surface area contributed by atoms with Gasteiger partial charge in [0.2, 0.25) is 0 Å². The number of rotatable bonds is 4. The molecule has 0 saturated carbocycles. The fraction of sp³-hybridized carbons (Fsp3) is 0.105. The summed E-state index contributed by atoms with van der Waals surface area (Å²) < 4.78 is 0.894. The lowest BCUT2D eigenvalue weighted by molar-refractivity contribution is 0.102. The minimum absolute atomic E-state index is 0.167. The molecular weight excluding hydrogens is 354 g/mol. The molecule has 0 aliphatic rings. The van der Waals surface area contributed by atoms with Gasteiger partial charge in [0.25, 0.3) is 11.5 Å². The maximum Gasteiger partial charge on any atom is 0.333 e. The first-order chi connectivity index (χ1) is 12.5. The van der Waals surface area contributed by atoms with Crippen LogP contribution in [0.15, 0.2) is 64.3 Å². The van der Waals surface area contributed by atoms with Crippen LogP contribution in [0.5, 0.6) is 0 Å². The molecule has 26 heavy (non-hydrogen) atoms. The van der Waals surface area contributed by atoms with Gasteiger partial charge in [-0.25, -0.2) is 9.36 Å². The number of hydrogen-bond donors (Lipinski definition) is 2. The van der Waals surface area contributed by atoms with Crippen LogP contribution in [0, 0.1) is 0 Å². The fourth-order valence-corrected chi connectivity index (χ4v) is 2.61. The van der Waals surface area contributed by atoms with Crippen LogP contribution in [0.1, 0.15) is 22.8 Å². The molecule has 0 saturated heterocycles. The second-order valence-corrected chi connectivity index (χ2v) is 6.07. The van der Waals surface area contributed by atoms with E-state index in [1.54, 1.807) is 24.3 Å². The van der Waals surface area contributed by atoms with Crippen molar-refractivity contribution in [2.45, 2.75) is 13.3 Å². The molecular formula is C19H16ClN3O3. The van der Waals surface area contributed by atoms with E-state index in [-0.39, 0.29) is 5.56 Å². The zero-order chi connectivity index (χ0) is 18.7. The predicted molar refractivity (Wildman–Crippen MR) is 101 cm³/mol. The molecule has 0 radical (unpaired) electrons. The van der Waals surface area contributed by atoms with Crippen molar-refractivity contribution >= 4 is 23.2 Å². The van der Waals surface area contributed by atoms with E-state index in [1.165, 1.54) is 12.1 Å². The zero-order valence-electron chi connectivity index (χ0n) is 14.0. The first-order valence-corrected chi connectivity index (χ1v) is 8.38. The number of nitrogens with zero attached hydrogens (tertiary/aromatic N) is 1. The molecule has 0 unspecified atom stereocenters. The highest BCUT2D eigenvalue weighted by Crippen LogP contribution is 2.12. The lowest BCUT2D eigenvalue weighted by Gasteiger charge is -2.08. The molecule has 0 aliphatic carbocycles. The number of carbonyl (C=O) groups excluding carboxylic acids is 1. The van der Waals surface area contributed by atoms with Crippen LogP contribution in [0.25, 0.3) is 5.69 Å². The Morgan fingerprint density at radius 2 is 1.73 bits per heavy atom. The Labute approximate surface area is 154 Å². The van der Waals surface area contributed by atoms with Crippen LogP contribution in [0.3, 0.4) is 0 Å². The van der Waals surface area contributed by atoms with Gasteiger partial charge in [0, 0.05) is 16.9 Å². The van der Waals surface area contributed by atoms with Gasteiger partial charge in [-0.3, -0.25) is 9.59 Å². The van der Waals surface area contributed by atoms with E-state index in [0.29, 0.717) is 16.4 Å². The molecule has 0 atom stereocenters. The number of carbonyl (C=O) groups is 1. The number of amides is 1. The highest BCUT2D eigenvalue weighted by molar-refractivity contribution is 6.30. The number of H-pyrrole nitrogens is 1. The summed E-state index contributed by atoms with van der Waals surface area (Å²) in [6.07, 6.45) is 2.01. The predicted octanol–water partition coefficient (Wildman–Crippen LogP) is 2.99. The quantitative estimate of drug-likeness (QED) is 0.741. The number of benzene rings is 2. The lowest BCUT2D eigenvalue weighted by Crippen LogP contribution is -2.38. The summed E-state index contributed by atoms with van der Waals surface area (Å²) in [7, 11) is 0. The highest BCUT2D eigenvalue weighted by Gasteiger charge is 2.16. The number of anilines is 1. The third-order valence-corrected chi connectivity index (χ3v) is 4.18. The number of aryl methyl sites for hydroxylation is 1. The van der Waals surface area contributed by atoms with Gasteiger partial charge in [0.1, 0.15) is 5.56 Å². The van der Waals surface area contributed by atoms with Crippen molar-refractivity contribution in [3.8, 4) is 5.69 Å². The van der Waals surface area contributed by atoms with Crippen molar-refractivity contribution < 1.29 is 4.79 Å². The average molecular weight is 370 g/mol. The standard InChI is InChI=1S/C19H16ClN3O3/c1-2-12-3-7-14(8-4-12)22-17(24)16-11-21-19(26)23(18(16)25)15-9-5-13(20)6-10-15/h3-11H,2H2,1H3,(H,21,26)(H,22,24). The van der Waals surface area contributed by atoms with Crippen LogP contribution in [0.4, 0.5) is 5.69 Å². The van der Waals surface area contributed by atoms with Crippen molar-refractivity contribution in [3.05, 3.63) is 91.7 Å². The molecule has 1 heterocycles. The number of aromatic nitrogens is 2. The van der Waals surface area contributed by atoms with Crippen LogP contribution in [-0.4, -0.2) is 15.5 Å². The smallest absolute Gasteiger partial charge is 0.322 e. The fourth-order valence-electron chi connectivity index (χ4n) is 2.48. The molecule has 6 nitrogen and oxygen atoms in total. The van der Waals surface area contributed by atoms with E-state index >= 15 is 0 Å². The first-order valence-electron chi connectivity index (χ1n) is 8.00. The Balaban J connectivity index is 1.96. The number of aromatic amines is 1. The number of hydrogen-bond acceptors (Lipinski definition) is 3. The minimum atomic E-state index is -0.709. The highest BCUT2D eigenvalue weighted by atomic mass is 35.5. The first kappa shape index (κ1) is 17.7. The van der Waals surface area contributed by atoms with E-state index < -0.39 is 17.2 Å². The average Bonchev–Trinajstić information content (AvgIpc) is 2.64. The van der Waals surface area contributed by atoms with Gasteiger partial charge >= 0.3 is 5.69 Å². The SMILES string of the molecule is CCc1ccc(NC(=O)c2c[nH]c(=O)n(-c3ccc(Cl)cc3)c2=O)cc1. The maximum absolute atomic E-state index is 12.7. The van der Waals surface area contributed by atoms with Crippen molar-refractivity contribution in [2.75, 3.05) is 5.32 Å². The van der Waals surface area contributed by atoms with Crippen LogP contribution >= 0.6 is 11.6 Å². The molecule has 2 N–H and O–H groups in total. The van der Waals surface area contributed by atoms with E-state index in [9.17, 15) is 14.4 Å². The third-order valence-electron chi connectivity index (χ3n) is 3.93. The van der Waals surface area contributed by atoms with Crippen LogP contribution < -0.4 is 16.6 Å². The molecule has 0 aliphatic heterocycles. The Bertz CT molecular complexity index is 1050. The van der Waals surface area contributed by atoms with Crippen molar-refractivity contribution in [1.82, 2.24) is 9.55 Å². The Morgan fingerprint density at radius 1 is 1.08 bits per heavy atom. The van der Waals surface area contributed by atoms with E-state index in [0.717, 1.165) is 22.7 Å². The Hall–Kier alpha value is -3.12. The molecule has 0 fully saturated rings. The van der Waals surface area contributed by atoms with Crippen LogP contribution in [-0.2, 0) is 6.42 Å². The second kappa shape index (κ2) is 7.41. The number of nitrogens with one attached hydrogen (secondary N) is 2. The third kappa shape index (κ3) is 3.60. The molecule has 1 amide bonds. The summed E-state index contributed by atoms with van der Waals surface area (Å²) in [5.41, 5.74) is 0.509. The topological polar surface area (TPSA) is 84.0 Å². The van der Waals surface area contributed by atoms with Crippen molar-refractivity contribution in [1.29, 1.82) is 0 Å². The summed E-state index contributed by atoms with van der Waals surface area (Å²) in [5.74, 6) is -0.599. The molecule has 3 rings (SSSR count). The number of halogens is 1. The van der Waals surface area contributed by atoms with Gasteiger partial charge < -0.3 is 10.3 Å². The second-order valence-electron chi connectivity index (χ2n) is 5.63. The summed E-state index contributed by atoms with van der Waals surface area (Å²) in [4.78, 5) is 39.6. The van der Waals surface area contributed by atoms with Crippen LogP contribution in [0.2, 0.25) is 5.02 Å². The van der Waals surface area contributed by atoms with E-state index in [4.69, 9.17) is 11.6 Å². The van der Waals surface area contributed by atoms with Crippen molar-refractivity contribution in [2.24, 2.45) is 0 Å². The van der Waals surface area contributed by atoms with Gasteiger partial charge in [-0.05, 0) is 48.4 Å². The van der Waals surface area contributed by atoms with Gasteiger partial charge in [-0.1, -0.05) is 30.7 Å². The van der Waals surface area contributed by atoms with Crippen molar-refractivity contribution in [3.63, 3.8) is 0 Å². The Kier molecular flexibility index (Phi) is 5.04. The molecule has 7 heteroatoms. The monoisotopic (exact) mass is 369 g/mol. The van der Waals surface area contributed by atoms with E-state index in [1.807, 2.05) is 19.1 Å². The van der Waals surface area contributed by atoms with Gasteiger partial charge in [0.15, 0.2) is 0 Å². The normalized spacial score (nSPS) is 10.5. The summed E-state index contributed by atoms with van der Waals surface area (Å²) in [5, 5.41) is 3.14. The Morgan fingerprint density at radius 3 is 2.35 bits per heavy atom. The van der Waals surface area contributed by atoms with Gasteiger partial charge in [-0.15, -0.1) is 0 Å². The summed E-state index contributed by atoms with van der Waals surface area (Å²) in [6.45, 7) is 2.03. The van der Waals surface area contributed by atoms with Gasteiger partial charge in [-0.2, -0.15) is 0 Å². The minimum Gasteiger partial charge on any atom is -0.322 e. The molecule has 0 bridgehead atoms. The molecule has 2 aromatic carbocycles. The molecule has 3 aromatic rings. The summed E-state index contributed by atoms with van der Waals surface area (Å²) >= 11 is 5.83.